The molecule has 1 aliphatic rings. The summed E-state index contributed by atoms with van der Waals surface area (Å²) in [6.07, 6.45) is -5.79. The molecule has 4 atom stereocenters. The van der Waals surface area contributed by atoms with Gasteiger partial charge in [0.15, 0.2) is 17.2 Å². The summed E-state index contributed by atoms with van der Waals surface area (Å²) >= 11 is 0. The SMILES string of the molecule is COc1c([C@@H]2[C@@H](C)[C@@](C)(C(F)(F)F)O[C@H]2C(=O)Nc2cc(C(N)=O)ncn2)ccc(F)c1F. The highest BCUT2D eigenvalue weighted by atomic mass is 19.4. The van der Waals surface area contributed by atoms with E-state index in [1.165, 1.54) is 6.92 Å². The number of benzene rings is 1. The number of rotatable bonds is 5. The van der Waals surface area contributed by atoms with E-state index in [0.29, 0.717) is 0 Å². The highest BCUT2D eigenvalue weighted by Gasteiger charge is 2.65. The van der Waals surface area contributed by atoms with E-state index in [-0.39, 0.29) is 17.1 Å². The van der Waals surface area contributed by atoms with Crippen LogP contribution in [0.2, 0.25) is 0 Å². The minimum Gasteiger partial charge on any atom is -0.493 e. The summed E-state index contributed by atoms with van der Waals surface area (Å²) < 4.78 is 80.0. The zero-order valence-electron chi connectivity index (χ0n) is 17.5. The number of carbonyl (C=O) groups excluding carboxylic acids is 2. The van der Waals surface area contributed by atoms with Crippen LogP contribution < -0.4 is 15.8 Å². The average Bonchev–Trinajstić information content (AvgIpc) is 3.02. The molecule has 0 bridgehead atoms. The van der Waals surface area contributed by atoms with E-state index < -0.39 is 58.9 Å². The van der Waals surface area contributed by atoms with Gasteiger partial charge in [0.2, 0.25) is 5.82 Å². The van der Waals surface area contributed by atoms with Crippen molar-refractivity contribution in [2.45, 2.75) is 37.6 Å². The van der Waals surface area contributed by atoms with Crippen LogP contribution in [0.5, 0.6) is 5.75 Å². The molecule has 2 heterocycles. The van der Waals surface area contributed by atoms with E-state index in [1.54, 1.807) is 0 Å². The first-order valence-electron chi connectivity index (χ1n) is 9.51. The Morgan fingerprint density at radius 3 is 2.48 bits per heavy atom. The lowest BCUT2D eigenvalue weighted by atomic mass is 9.77. The molecule has 178 valence electrons. The number of anilines is 1. The molecule has 1 aromatic carbocycles. The number of amides is 2. The van der Waals surface area contributed by atoms with Gasteiger partial charge in [0.1, 0.15) is 23.9 Å². The molecule has 0 unspecified atom stereocenters. The van der Waals surface area contributed by atoms with Crippen molar-refractivity contribution in [2.75, 3.05) is 12.4 Å². The number of carbonyl (C=O) groups is 2. The number of primary amides is 1. The number of hydrogen-bond donors (Lipinski definition) is 2. The predicted octanol–water partition coefficient (Wildman–Crippen LogP) is 2.94. The van der Waals surface area contributed by atoms with E-state index >= 15 is 0 Å². The van der Waals surface area contributed by atoms with Gasteiger partial charge in [-0.05, 0) is 13.0 Å². The maximum absolute atomic E-state index is 14.3. The lowest BCUT2D eigenvalue weighted by Crippen LogP contribution is -2.47. The molecule has 2 amide bonds. The average molecular weight is 474 g/mol. The Bertz CT molecular complexity index is 1100. The zero-order chi connectivity index (χ0) is 24.7. The summed E-state index contributed by atoms with van der Waals surface area (Å²) in [6.45, 7) is 1.95. The summed E-state index contributed by atoms with van der Waals surface area (Å²) in [5.74, 6) is -8.36. The van der Waals surface area contributed by atoms with Gasteiger partial charge >= 0.3 is 6.18 Å². The number of methoxy groups -OCH3 is 1. The molecule has 1 aliphatic heterocycles. The van der Waals surface area contributed by atoms with Gasteiger partial charge in [-0.15, -0.1) is 0 Å². The van der Waals surface area contributed by atoms with Crippen LogP contribution in [0.25, 0.3) is 0 Å². The van der Waals surface area contributed by atoms with Gasteiger partial charge in [0.05, 0.1) is 7.11 Å². The molecule has 33 heavy (non-hydrogen) atoms. The van der Waals surface area contributed by atoms with Crippen molar-refractivity contribution < 1.29 is 41.0 Å². The second kappa shape index (κ2) is 8.54. The van der Waals surface area contributed by atoms with Crippen LogP contribution in [0.1, 0.15) is 35.8 Å². The summed E-state index contributed by atoms with van der Waals surface area (Å²) in [7, 11) is 1.02. The molecule has 1 fully saturated rings. The largest absolute Gasteiger partial charge is 0.493 e. The molecule has 0 radical (unpaired) electrons. The zero-order valence-corrected chi connectivity index (χ0v) is 17.5. The molecular weight excluding hydrogens is 455 g/mol. The van der Waals surface area contributed by atoms with Crippen molar-refractivity contribution in [1.29, 1.82) is 0 Å². The van der Waals surface area contributed by atoms with Crippen molar-refractivity contribution in [1.82, 2.24) is 9.97 Å². The minimum absolute atomic E-state index is 0.183. The van der Waals surface area contributed by atoms with Gasteiger partial charge in [0, 0.05) is 23.5 Å². The van der Waals surface area contributed by atoms with Crippen LogP contribution in [0, 0.1) is 17.6 Å². The molecule has 0 saturated carbocycles. The number of nitrogens with zero attached hydrogens (tertiary/aromatic N) is 2. The summed E-state index contributed by atoms with van der Waals surface area (Å²) in [5.41, 5.74) is 1.88. The lowest BCUT2D eigenvalue weighted by Gasteiger charge is -2.32. The molecule has 0 spiro atoms. The first-order chi connectivity index (χ1) is 15.3. The van der Waals surface area contributed by atoms with Crippen LogP contribution in [-0.4, -0.2) is 46.8 Å². The van der Waals surface area contributed by atoms with Gasteiger partial charge < -0.3 is 20.5 Å². The van der Waals surface area contributed by atoms with Gasteiger partial charge in [-0.25, -0.2) is 14.4 Å². The van der Waals surface area contributed by atoms with E-state index in [9.17, 15) is 31.5 Å². The maximum Gasteiger partial charge on any atom is 0.417 e. The molecule has 1 saturated heterocycles. The van der Waals surface area contributed by atoms with Crippen molar-refractivity contribution in [3.05, 3.63) is 47.4 Å². The number of nitrogens with two attached hydrogens (primary N) is 1. The fourth-order valence-corrected chi connectivity index (χ4v) is 3.80. The molecule has 3 N–H and O–H groups in total. The summed E-state index contributed by atoms with van der Waals surface area (Å²) in [4.78, 5) is 31.6. The molecule has 1 aromatic heterocycles. The van der Waals surface area contributed by atoms with Gasteiger partial charge in [-0.2, -0.15) is 17.6 Å². The van der Waals surface area contributed by atoms with E-state index in [4.69, 9.17) is 15.2 Å². The fourth-order valence-electron chi connectivity index (χ4n) is 3.80. The van der Waals surface area contributed by atoms with Crippen molar-refractivity contribution in [3.8, 4) is 5.75 Å². The molecule has 8 nitrogen and oxygen atoms in total. The standard InChI is InChI=1S/C20H19F5N4O4/c1-8-13(9-4-5-10(21)14(22)15(9)32-3)16(33-19(8,2)20(23,24)25)18(31)29-12-6-11(17(26)30)27-7-28-12/h4-8,13,16H,1-3H3,(H2,26,30)(H,27,28,29,31)/t8-,13+,16-,19+/m1/s1. The Kier molecular flexibility index (Phi) is 6.29. The van der Waals surface area contributed by atoms with Crippen molar-refractivity contribution >= 4 is 17.6 Å². The molecule has 3 rings (SSSR count). The Labute approximate surface area is 184 Å². The predicted molar refractivity (Wildman–Crippen MR) is 103 cm³/mol. The number of aromatic nitrogens is 2. The van der Waals surface area contributed by atoms with Crippen molar-refractivity contribution in [2.24, 2.45) is 11.7 Å². The van der Waals surface area contributed by atoms with Crippen LogP contribution in [-0.2, 0) is 9.53 Å². The Hall–Kier alpha value is -3.35. The van der Waals surface area contributed by atoms with Gasteiger partial charge in [-0.1, -0.05) is 13.0 Å². The second-order valence-corrected chi connectivity index (χ2v) is 7.58. The first-order valence-corrected chi connectivity index (χ1v) is 9.51. The number of nitrogens with one attached hydrogen (secondary N) is 1. The smallest absolute Gasteiger partial charge is 0.417 e. The van der Waals surface area contributed by atoms with Crippen LogP contribution in [0.3, 0.4) is 0 Å². The van der Waals surface area contributed by atoms with E-state index in [2.05, 4.69) is 15.3 Å². The fraction of sp³-hybridized carbons (Fsp3) is 0.400. The molecule has 2 aromatic rings. The number of hydrogen-bond acceptors (Lipinski definition) is 6. The number of ether oxygens (including phenoxy) is 2. The summed E-state index contributed by atoms with van der Waals surface area (Å²) in [6, 6.07) is 2.79. The number of halogens is 5. The van der Waals surface area contributed by atoms with Gasteiger partial charge in [0.25, 0.3) is 11.8 Å². The summed E-state index contributed by atoms with van der Waals surface area (Å²) in [5, 5.41) is 2.25. The Morgan fingerprint density at radius 1 is 1.24 bits per heavy atom. The maximum atomic E-state index is 14.3. The van der Waals surface area contributed by atoms with Gasteiger partial charge in [-0.3, -0.25) is 9.59 Å². The first kappa shape index (κ1) is 24.3. The van der Waals surface area contributed by atoms with E-state index in [1.807, 2.05) is 0 Å². The lowest BCUT2D eigenvalue weighted by molar-refractivity contribution is -0.272. The van der Waals surface area contributed by atoms with E-state index in [0.717, 1.165) is 38.6 Å². The number of alkyl halides is 3. The van der Waals surface area contributed by atoms with Crippen LogP contribution in [0.4, 0.5) is 27.8 Å². The topological polar surface area (TPSA) is 116 Å². The Balaban J connectivity index is 2.07. The third kappa shape index (κ3) is 4.19. The van der Waals surface area contributed by atoms with Crippen molar-refractivity contribution in [3.63, 3.8) is 0 Å². The molecule has 0 aliphatic carbocycles. The highest BCUT2D eigenvalue weighted by Crippen LogP contribution is 2.54. The minimum atomic E-state index is -4.90. The Morgan fingerprint density at radius 2 is 1.91 bits per heavy atom. The third-order valence-corrected chi connectivity index (χ3v) is 5.74. The third-order valence-electron chi connectivity index (χ3n) is 5.74. The molecule has 13 heteroatoms. The normalized spacial score (nSPS) is 25.0. The highest BCUT2D eigenvalue weighted by molar-refractivity contribution is 5.96. The monoisotopic (exact) mass is 474 g/mol. The van der Waals surface area contributed by atoms with Crippen LogP contribution >= 0.6 is 0 Å². The van der Waals surface area contributed by atoms with Crippen LogP contribution in [0.15, 0.2) is 24.5 Å². The quantitative estimate of drug-likeness (QED) is 0.644. The second-order valence-electron chi connectivity index (χ2n) is 7.58. The molecular formula is C20H19F5N4O4.